The Labute approximate surface area is 69.4 Å². The molecule has 1 aromatic heterocycles. The third-order valence-electron chi connectivity index (χ3n) is 1.68. The predicted molar refractivity (Wildman–Crippen MR) is 41.4 cm³/mol. The van der Waals surface area contributed by atoms with Gasteiger partial charge in [0.15, 0.2) is 0 Å². The molecule has 1 atom stereocenters. The molecule has 0 saturated heterocycles. The van der Waals surface area contributed by atoms with Gasteiger partial charge >= 0.3 is 0 Å². The minimum absolute atomic E-state index is 0.263. The van der Waals surface area contributed by atoms with Crippen molar-refractivity contribution in [2.75, 3.05) is 0 Å². The highest BCUT2D eigenvalue weighted by atomic mass is 19.1. The summed E-state index contributed by atoms with van der Waals surface area (Å²) in [6, 6.07) is 2.03. The first-order valence-corrected chi connectivity index (χ1v) is 3.72. The summed E-state index contributed by atoms with van der Waals surface area (Å²) in [5.74, 6) is -1.64. The van der Waals surface area contributed by atoms with Gasteiger partial charge in [0.25, 0.3) is 0 Å². The van der Waals surface area contributed by atoms with E-state index in [9.17, 15) is 8.78 Å². The van der Waals surface area contributed by atoms with Crippen molar-refractivity contribution < 1.29 is 8.78 Å². The second kappa shape index (κ2) is 3.58. The van der Waals surface area contributed by atoms with Gasteiger partial charge in [-0.2, -0.15) is 13.8 Å². The van der Waals surface area contributed by atoms with Crippen molar-refractivity contribution in [2.45, 2.75) is 19.4 Å². The van der Waals surface area contributed by atoms with Crippen LogP contribution in [-0.4, -0.2) is 4.98 Å². The van der Waals surface area contributed by atoms with Crippen molar-refractivity contribution in [3.05, 3.63) is 29.6 Å². The first-order chi connectivity index (χ1) is 5.65. The lowest BCUT2D eigenvalue weighted by Crippen LogP contribution is -2.12. The second-order valence-electron chi connectivity index (χ2n) is 2.53. The van der Waals surface area contributed by atoms with Crippen LogP contribution in [0, 0.1) is 11.9 Å². The average molecular weight is 172 g/mol. The van der Waals surface area contributed by atoms with Crippen LogP contribution in [0.1, 0.15) is 24.9 Å². The van der Waals surface area contributed by atoms with Crippen molar-refractivity contribution in [2.24, 2.45) is 5.73 Å². The quantitative estimate of drug-likeness (QED) is 0.690. The van der Waals surface area contributed by atoms with E-state index in [1.807, 2.05) is 6.92 Å². The van der Waals surface area contributed by atoms with E-state index >= 15 is 0 Å². The normalized spacial score (nSPS) is 13.0. The van der Waals surface area contributed by atoms with E-state index in [1.54, 1.807) is 0 Å². The summed E-state index contributed by atoms with van der Waals surface area (Å²) in [4.78, 5) is 3.03. The number of hydrogen-bond acceptors (Lipinski definition) is 2. The molecule has 0 amide bonds. The van der Waals surface area contributed by atoms with Gasteiger partial charge in [-0.15, -0.1) is 0 Å². The maximum atomic E-state index is 12.9. The molecule has 0 aliphatic carbocycles. The summed E-state index contributed by atoms with van der Waals surface area (Å²) in [6.45, 7) is 1.83. The Morgan fingerprint density at radius 2 is 2.17 bits per heavy atom. The Balaban J connectivity index is 3.01. The molecule has 0 aliphatic heterocycles. The number of nitrogens with two attached hydrogens (primary N) is 1. The molecular weight excluding hydrogens is 162 g/mol. The molecular formula is C8H10F2N2. The Hall–Kier alpha value is -1.03. The van der Waals surface area contributed by atoms with E-state index < -0.39 is 17.9 Å². The van der Waals surface area contributed by atoms with Crippen LogP contribution in [0.15, 0.2) is 12.1 Å². The fraction of sp³-hybridized carbons (Fsp3) is 0.375. The van der Waals surface area contributed by atoms with E-state index in [0.29, 0.717) is 6.42 Å². The van der Waals surface area contributed by atoms with Crippen LogP contribution >= 0.6 is 0 Å². The summed E-state index contributed by atoms with van der Waals surface area (Å²) >= 11 is 0. The van der Waals surface area contributed by atoms with Gasteiger partial charge in [-0.1, -0.05) is 6.92 Å². The number of halogens is 2. The highest BCUT2D eigenvalue weighted by molar-refractivity contribution is 5.15. The average Bonchev–Trinajstić information content (AvgIpc) is 2.03. The molecule has 1 aromatic rings. The Bertz CT molecular complexity index is 276. The lowest BCUT2D eigenvalue weighted by Gasteiger charge is -2.08. The van der Waals surface area contributed by atoms with Crippen LogP contribution in [0.2, 0.25) is 0 Å². The van der Waals surface area contributed by atoms with Gasteiger partial charge in [-0.05, 0) is 18.6 Å². The molecule has 0 fully saturated rings. The first kappa shape index (κ1) is 9.06. The van der Waals surface area contributed by atoms with Crippen LogP contribution in [0.5, 0.6) is 0 Å². The van der Waals surface area contributed by atoms with Crippen molar-refractivity contribution in [3.8, 4) is 0 Å². The molecule has 66 valence electrons. The smallest absolute Gasteiger partial charge is 0.220 e. The fourth-order valence-corrected chi connectivity index (χ4v) is 0.919. The fourth-order valence-electron chi connectivity index (χ4n) is 0.919. The number of aromatic nitrogens is 1. The molecule has 2 nitrogen and oxygen atoms in total. The maximum absolute atomic E-state index is 12.9. The van der Waals surface area contributed by atoms with E-state index in [0.717, 1.165) is 6.07 Å². The molecule has 0 bridgehead atoms. The van der Waals surface area contributed by atoms with E-state index in [1.165, 1.54) is 6.07 Å². The highest BCUT2D eigenvalue weighted by Gasteiger charge is 2.10. The number of pyridine rings is 1. The molecule has 1 heterocycles. The van der Waals surface area contributed by atoms with Crippen LogP contribution in [0.3, 0.4) is 0 Å². The maximum Gasteiger partial charge on any atom is 0.220 e. The van der Waals surface area contributed by atoms with E-state index in [-0.39, 0.29) is 5.56 Å². The topological polar surface area (TPSA) is 38.9 Å². The van der Waals surface area contributed by atoms with Crippen LogP contribution in [0.4, 0.5) is 8.78 Å². The van der Waals surface area contributed by atoms with Gasteiger partial charge < -0.3 is 5.73 Å². The number of hydrogen-bond donors (Lipinski definition) is 1. The minimum atomic E-state index is -0.820. The molecule has 0 spiro atoms. The van der Waals surface area contributed by atoms with Gasteiger partial charge in [0.2, 0.25) is 11.9 Å². The standard InChI is InChI=1S/C8H10F2N2/c1-2-6(11)5-3-4-7(9)12-8(5)10/h3-4,6H,2,11H2,1H3. The largest absolute Gasteiger partial charge is 0.324 e. The van der Waals surface area contributed by atoms with Gasteiger partial charge in [-0.3, -0.25) is 0 Å². The van der Waals surface area contributed by atoms with Crippen LogP contribution < -0.4 is 5.73 Å². The zero-order chi connectivity index (χ0) is 9.14. The van der Waals surface area contributed by atoms with Gasteiger partial charge in [0, 0.05) is 11.6 Å². The van der Waals surface area contributed by atoms with Crippen molar-refractivity contribution >= 4 is 0 Å². The molecule has 0 aromatic carbocycles. The first-order valence-electron chi connectivity index (χ1n) is 3.72. The number of rotatable bonds is 2. The molecule has 0 radical (unpaired) electrons. The van der Waals surface area contributed by atoms with E-state index in [4.69, 9.17) is 5.73 Å². The zero-order valence-electron chi connectivity index (χ0n) is 6.72. The molecule has 1 unspecified atom stereocenters. The SMILES string of the molecule is CCC(N)c1ccc(F)nc1F. The molecule has 2 N–H and O–H groups in total. The number of nitrogens with zero attached hydrogens (tertiary/aromatic N) is 1. The monoisotopic (exact) mass is 172 g/mol. The summed E-state index contributed by atoms with van der Waals surface area (Å²) in [7, 11) is 0. The Morgan fingerprint density at radius 3 is 2.67 bits per heavy atom. The van der Waals surface area contributed by atoms with Crippen molar-refractivity contribution in [1.29, 1.82) is 0 Å². The zero-order valence-corrected chi connectivity index (χ0v) is 6.72. The van der Waals surface area contributed by atoms with E-state index in [2.05, 4.69) is 4.98 Å². The minimum Gasteiger partial charge on any atom is -0.324 e. The molecule has 1 rings (SSSR count). The third kappa shape index (κ3) is 1.76. The molecule has 0 saturated carbocycles. The summed E-state index contributed by atoms with van der Waals surface area (Å²) in [5, 5.41) is 0. The molecule has 4 heteroatoms. The van der Waals surface area contributed by atoms with Crippen LogP contribution in [0.25, 0.3) is 0 Å². The van der Waals surface area contributed by atoms with Gasteiger partial charge in [-0.25, -0.2) is 0 Å². The summed E-state index contributed by atoms with van der Waals surface area (Å²) in [5.41, 5.74) is 5.81. The summed E-state index contributed by atoms with van der Waals surface area (Å²) in [6.07, 6.45) is 0.601. The van der Waals surface area contributed by atoms with Crippen LogP contribution in [-0.2, 0) is 0 Å². The Kier molecular flexibility index (Phi) is 2.70. The second-order valence-corrected chi connectivity index (χ2v) is 2.53. The molecule has 12 heavy (non-hydrogen) atoms. The lowest BCUT2D eigenvalue weighted by molar-refractivity contribution is 0.489. The van der Waals surface area contributed by atoms with Gasteiger partial charge in [0.05, 0.1) is 0 Å². The highest BCUT2D eigenvalue weighted by Crippen LogP contribution is 2.15. The van der Waals surface area contributed by atoms with Crippen molar-refractivity contribution in [3.63, 3.8) is 0 Å². The Morgan fingerprint density at radius 1 is 1.50 bits per heavy atom. The van der Waals surface area contributed by atoms with Gasteiger partial charge in [0.1, 0.15) is 0 Å². The summed E-state index contributed by atoms with van der Waals surface area (Å²) < 4.78 is 25.2. The third-order valence-corrected chi connectivity index (χ3v) is 1.68. The lowest BCUT2D eigenvalue weighted by atomic mass is 10.1. The predicted octanol–water partition coefficient (Wildman–Crippen LogP) is 1.77. The van der Waals surface area contributed by atoms with Crippen molar-refractivity contribution in [1.82, 2.24) is 4.98 Å². The molecule has 0 aliphatic rings.